The van der Waals surface area contributed by atoms with Crippen LogP contribution in [-0.2, 0) is 4.79 Å². The molecule has 0 saturated heterocycles. The molecule has 0 aromatic carbocycles. The highest BCUT2D eigenvalue weighted by atomic mass is 19.4. The molecule has 0 radical (unpaired) electrons. The molecule has 2 fully saturated rings. The maximum absolute atomic E-state index is 12.7. The fourth-order valence-electron chi connectivity index (χ4n) is 3.47. The molecule has 4 unspecified atom stereocenters. The van der Waals surface area contributed by atoms with Crippen LogP contribution >= 0.6 is 0 Å². The lowest BCUT2D eigenvalue weighted by Crippen LogP contribution is -2.44. The van der Waals surface area contributed by atoms with Gasteiger partial charge in [0.25, 0.3) is 0 Å². The van der Waals surface area contributed by atoms with Gasteiger partial charge in [-0.15, -0.1) is 0 Å². The normalized spacial score (nSPS) is 35.0. The molecular weight excluding hydrogens is 271 g/mol. The average Bonchev–Trinajstić information content (AvgIpc) is 2.85. The Bertz CT molecular complexity index is 346. The van der Waals surface area contributed by atoms with E-state index in [1.807, 2.05) is 0 Å². The number of halogens is 3. The minimum absolute atomic E-state index is 0.0286. The lowest BCUT2D eigenvalue weighted by molar-refractivity contribution is -0.186. The summed E-state index contributed by atoms with van der Waals surface area (Å²) < 4.78 is 38.2. The van der Waals surface area contributed by atoms with Crippen molar-refractivity contribution >= 4 is 5.91 Å². The molecule has 0 aromatic rings. The Balaban J connectivity index is 1.89. The molecular formula is C14H22F3NO2. The molecule has 6 heteroatoms. The van der Waals surface area contributed by atoms with Crippen LogP contribution in [0.5, 0.6) is 0 Å². The number of aliphatic hydroxyl groups excluding tert-OH is 1. The zero-order chi connectivity index (χ0) is 14.8. The third kappa shape index (κ3) is 3.65. The number of nitrogens with one attached hydrogen (secondary N) is 1. The van der Waals surface area contributed by atoms with Crippen molar-refractivity contribution in [3.8, 4) is 0 Å². The molecule has 1 amide bonds. The summed E-state index contributed by atoms with van der Waals surface area (Å²) in [6, 6.07) is -0.0706. The number of rotatable bonds is 3. The van der Waals surface area contributed by atoms with Crippen LogP contribution in [0, 0.1) is 17.8 Å². The van der Waals surface area contributed by atoms with Crippen molar-refractivity contribution in [3.63, 3.8) is 0 Å². The van der Waals surface area contributed by atoms with E-state index in [0.717, 1.165) is 19.3 Å². The number of carbonyl (C=O) groups excluding carboxylic acids is 1. The maximum Gasteiger partial charge on any atom is 0.391 e. The summed E-state index contributed by atoms with van der Waals surface area (Å²) in [6.07, 6.45) is -0.525. The van der Waals surface area contributed by atoms with Crippen LogP contribution in [0.4, 0.5) is 13.2 Å². The van der Waals surface area contributed by atoms with E-state index >= 15 is 0 Å². The Morgan fingerprint density at radius 2 is 1.85 bits per heavy atom. The molecule has 3 nitrogen and oxygen atoms in total. The van der Waals surface area contributed by atoms with Gasteiger partial charge in [-0.05, 0) is 32.1 Å². The molecule has 20 heavy (non-hydrogen) atoms. The third-order valence-corrected chi connectivity index (χ3v) is 4.73. The molecule has 2 saturated carbocycles. The van der Waals surface area contributed by atoms with Gasteiger partial charge in [-0.3, -0.25) is 4.79 Å². The first kappa shape index (κ1) is 15.6. The Hall–Kier alpha value is -0.780. The van der Waals surface area contributed by atoms with Gasteiger partial charge >= 0.3 is 6.18 Å². The van der Waals surface area contributed by atoms with Crippen molar-refractivity contribution in [1.82, 2.24) is 5.32 Å². The van der Waals surface area contributed by atoms with Crippen LogP contribution < -0.4 is 5.32 Å². The molecule has 0 aromatic heterocycles. The monoisotopic (exact) mass is 293 g/mol. The van der Waals surface area contributed by atoms with Crippen molar-refractivity contribution < 1.29 is 23.1 Å². The molecule has 0 bridgehead atoms. The summed E-state index contributed by atoms with van der Waals surface area (Å²) >= 11 is 0. The van der Waals surface area contributed by atoms with Gasteiger partial charge in [0.1, 0.15) is 0 Å². The smallest absolute Gasteiger partial charge is 0.391 e. The van der Waals surface area contributed by atoms with Crippen molar-refractivity contribution in [2.45, 2.75) is 57.2 Å². The third-order valence-electron chi connectivity index (χ3n) is 4.73. The molecule has 4 atom stereocenters. The minimum Gasteiger partial charge on any atom is -0.396 e. The average molecular weight is 293 g/mol. The highest BCUT2D eigenvalue weighted by molar-refractivity contribution is 5.79. The summed E-state index contributed by atoms with van der Waals surface area (Å²) in [5, 5.41) is 12.1. The number of amides is 1. The van der Waals surface area contributed by atoms with Gasteiger partial charge < -0.3 is 10.4 Å². The van der Waals surface area contributed by atoms with E-state index in [1.54, 1.807) is 0 Å². The van der Waals surface area contributed by atoms with Gasteiger partial charge in [0, 0.05) is 24.5 Å². The summed E-state index contributed by atoms with van der Waals surface area (Å²) in [5.74, 6) is -2.08. The fourth-order valence-corrected chi connectivity index (χ4v) is 3.47. The Morgan fingerprint density at radius 3 is 2.50 bits per heavy atom. The van der Waals surface area contributed by atoms with Gasteiger partial charge in [-0.25, -0.2) is 0 Å². The number of hydrogen-bond acceptors (Lipinski definition) is 2. The number of alkyl halides is 3. The molecule has 2 rings (SSSR count). The number of aliphatic hydroxyl groups is 1. The predicted octanol–water partition coefficient (Wildman–Crippen LogP) is 2.63. The van der Waals surface area contributed by atoms with E-state index < -0.39 is 18.0 Å². The Labute approximate surface area is 116 Å². The molecule has 2 aliphatic carbocycles. The topological polar surface area (TPSA) is 49.3 Å². The summed E-state index contributed by atoms with van der Waals surface area (Å²) in [4.78, 5) is 12.1. The molecule has 2 aliphatic rings. The van der Waals surface area contributed by atoms with Crippen LogP contribution in [0.1, 0.15) is 44.9 Å². The van der Waals surface area contributed by atoms with Crippen LogP contribution in [0.15, 0.2) is 0 Å². The van der Waals surface area contributed by atoms with Gasteiger partial charge in [-0.1, -0.05) is 12.8 Å². The maximum atomic E-state index is 12.7. The second-order valence-corrected chi connectivity index (χ2v) is 6.09. The van der Waals surface area contributed by atoms with Crippen LogP contribution in [-0.4, -0.2) is 29.8 Å². The van der Waals surface area contributed by atoms with Crippen LogP contribution in [0.3, 0.4) is 0 Å². The van der Waals surface area contributed by atoms with E-state index in [0.29, 0.717) is 12.8 Å². The number of hydrogen-bond donors (Lipinski definition) is 2. The van der Waals surface area contributed by atoms with Gasteiger partial charge in [0.2, 0.25) is 5.91 Å². The number of carbonyl (C=O) groups is 1. The summed E-state index contributed by atoms with van der Waals surface area (Å²) in [5.41, 5.74) is 0. The SMILES string of the molecule is O=C(NC1CCCC1CO)C1CCCC(C(F)(F)F)C1. The first-order chi connectivity index (χ1) is 9.41. The van der Waals surface area contributed by atoms with Crippen LogP contribution in [0.25, 0.3) is 0 Å². The van der Waals surface area contributed by atoms with E-state index in [2.05, 4.69) is 5.32 Å². The van der Waals surface area contributed by atoms with Crippen molar-refractivity contribution in [3.05, 3.63) is 0 Å². The summed E-state index contributed by atoms with van der Waals surface area (Å²) in [7, 11) is 0. The molecule has 2 N–H and O–H groups in total. The highest BCUT2D eigenvalue weighted by Crippen LogP contribution is 2.40. The zero-order valence-corrected chi connectivity index (χ0v) is 11.5. The largest absolute Gasteiger partial charge is 0.396 e. The summed E-state index contributed by atoms with van der Waals surface area (Å²) in [6.45, 7) is 0.0286. The fraction of sp³-hybridized carbons (Fsp3) is 0.929. The van der Waals surface area contributed by atoms with Crippen molar-refractivity contribution in [2.75, 3.05) is 6.61 Å². The van der Waals surface area contributed by atoms with E-state index in [-0.39, 0.29) is 37.3 Å². The van der Waals surface area contributed by atoms with E-state index in [9.17, 15) is 23.1 Å². The van der Waals surface area contributed by atoms with Crippen LogP contribution in [0.2, 0.25) is 0 Å². The van der Waals surface area contributed by atoms with Gasteiger partial charge in [0.15, 0.2) is 0 Å². The molecule has 116 valence electrons. The van der Waals surface area contributed by atoms with Gasteiger partial charge in [0.05, 0.1) is 5.92 Å². The van der Waals surface area contributed by atoms with Gasteiger partial charge in [-0.2, -0.15) is 13.2 Å². The Morgan fingerprint density at radius 1 is 1.15 bits per heavy atom. The lowest BCUT2D eigenvalue weighted by atomic mass is 9.80. The standard InChI is InChI=1S/C14H22F3NO2/c15-14(16,17)11-5-1-3-9(7-11)13(20)18-12-6-2-4-10(12)8-19/h9-12,19H,1-8H2,(H,18,20). The molecule has 0 aliphatic heterocycles. The predicted molar refractivity (Wildman–Crippen MR) is 67.9 cm³/mol. The first-order valence-electron chi connectivity index (χ1n) is 7.39. The molecule has 0 heterocycles. The second-order valence-electron chi connectivity index (χ2n) is 6.09. The quantitative estimate of drug-likeness (QED) is 0.840. The van der Waals surface area contributed by atoms with Crippen molar-refractivity contribution in [2.24, 2.45) is 17.8 Å². The highest BCUT2D eigenvalue weighted by Gasteiger charge is 2.44. The zero-order valence-electron chi connectivity index (χ0n) is 11.5. The van der Waals surface area contributed by atoms with Crippen molar-refractivity contribution in [1.29, 1.82) is 0 Å². The second kappa shape index (κ2) is 6.33. The first-order valence-corrected chi connectivity index (χ1v) is 7.39. The molecule has 0 spiro atoms. The van der Waals surface area contributed by atoms with E-state index in [1.165, 1.54) is 0 Å². The minimum atomic E-state index is -4.19. The van der Waals surface area contributed by atoms with E-state index in [4.69, 9.17) is 0 Å². The Kier molecular flexibility index (Phi) is 4.94. The lowest BCUT2D eigenvalue weighted by Gasteiger charge is -2.31.